The van der Waals surface area contributed by atoms with Crippen LogP contribution < -0.4 is 10.6 Å². The van der Waals surface area contributed by atoms with Crippen molar-refractivity contribution in [3.63, 3.8) is 0 Å². The lowest BCUT2D eigenvalue weighted by Gasteiger charge is -2.14. The Kier molecular flexibility index (Phi) is 5.47. The second-order valence-electron chi connectivity index (χ2n) is 6.92. The van der Waals surface area contributed by atoms with Gasteiger partial charge in [-0.2, -0.15) is 0 Å². The molecule has 144 valence electrons. The van der Waals surface area contributed by atoms with E-state index in [1.54, 1.807) is 6.20 Å². The van der Waals surface area contributed by atoms with E-state index in [1.165, 1.54) is 11.1 Å². The molecule has 2 heterocycles. The maximum atomic E-state index is 4.75. The number of nitrogens with one attached hydrogen (secondary N) is 2. The minimum Gasteiger partial charge on any atom is -0.366 e. The molecule has 0 saturated carbocycles. The molecule has 0 aliphatic carbocycles. The summed E-state index contributed by atoms with van der Waals surface area (Å²) in [6.07, 6.45) is 3.62. The van der Waals surface area contributed by atoms with E-state index in [2.05, 4.69) is 41.6 Å². The number of hydrogen-bond donors (Lipinski definition) is 2. The Bertz CT molecular complexity index is 1090. The van der Waals surface area contributed by atoms with Gasteiger partial charge in [0.15, 0.2) is 5.82 Å². The summed E-state index contributed by atoms with van der Waals surface area (Å²) < 4.78 is 0. The van der Waals surface area contributed by atoms with Crippen LogP contribution in [0.3, 0.4) is 0 Å². The van der Waals surface area contributed by atoms with Gasteiger partial charge in [0.25, 0.3) is 0 Å². The van der Waals surface area contributed by atoms with Crippen LogP contribution in [-0.4, -0.2) is 15.0 Å². The van der Waals surface area contributed by atoms with Gasteiger partial charge in [-0.3, -0.25) is 4.98 Å². The zero-order valence-electron chi connectivity index (χ0n) is 16.6. The van der Waals surface area contributed by atoms with Crippen LogP contribution in [0.5, 0.6) is 0 Å². The molecule has 0 bridgehead atoms. The lowest BCUT2D eigenvalue weighted by molar-refractivity contribution is 1.07. The number of anilines is 3. The van der Waals surface area contributed by atoms with Crippen LogP contribution in [0.15, 0.2) is 79.1 Å². The lowest BCUT2D eigenvalue weighted by atomic mass is 10.1. The Morgan fingerprint density at radius 1 is 0.828 bits per heavy atom. The van der Waals surface area contributed by atoms with E-state index in [4.69, 9.17) is 9.97 Å². The largest absolute Gasteiger partial charge is 0.366 e. The first kappa shape index (κ1) is 18.6. The van der Waals surface area contributed by atoms with E-state index in [-0.39, 0.29) is 0 Å². The summed E-state index contributed by atoms with van der Waals surface area (Å²) in [7, 11) is 0. The number of hydrogen-bond acceptors (Lipinski definition) is 5. The number of rotatable bonds is 6. The van der Waals surface area contributed by atoms with E-state index in [1.807, 2.05) is 60.8 Å². The second kappa shape index (κ2) is 8.52. The number of pyridine rings is 1. The van der Waals surface area contributed by atoms with E-state index in [9.17, 15) is 0 Å². The van der Waals surface area contributed by atoms with Gasteiger partial charge < -0.3 is 10.6 Å². The summed E-state index contributed by atoms with van der Waals surface area (Å²) in [5.41, 5.74) is 5.55. The first-order valence-electron chi connectivity index (χ1n) is 9.59. The Balaban J connectivity index is 1.67. The third kappa shape index (κ3) is 4.58. The van der Waals surface area contributed by atoms with E-state index in [0.717, 1.165) is 28.5 Å². The van der Waals surface area contributed by atoms with Crippen molar-refractivity contribution in [1.82, 2.24) is 15.0 Å². The maximum Gasteiger partial charge on any atom is 0.163 e. The lowest BCUT2D eigenvalue weighted by Crippen LogP contribution is -2.06. The Labute approximate surface area is 170 Å². The van der Waals surface area contributed by atoms with Crippen molar-refractivity contribution in [3.8, 4) is 11.4 Å². The molecule has 0 atom stereocenters. The van der Waals surface area contributed by atoms with Crippen LogP contribution in [0, 0.1) is 13.8 Å². The molecule has 5 heteroatoms. The van der Waals surface area contributed by atoms with Crippen molar-refractivity contribution in [2.45, 2.75) is 20.4 Å². The fraction of sp³-hybridized carbons (Fsp3) is 0.125. The van der Waals surface area contributed by atoms with Crippen molar-refractivity contribution in [1.29, 1.82) is 0 Å². The molecule has 0 fully saturated rings. The second-order valence-corrected chi connectivity index (χ2v) is 6.92. The van der Waals surface area contributed by atoms with Crippen LogP contribution >= 0.6 is 0 Å². The van der Waals surface area contributed by atoms with Crippen molar-refractivity contribution < 1.29 is 0 Å². The zero-order chi connectivity index (χ0) is 20.1. The molecule has 0 aliphatic heterocycles. The molecule has 0 saturated heterocycles. The van der Waals surface area contributed by atoms with Crippen molar-refractivity contribution >= 4 is 17.3 Å². The third-order valence-corrected chi connectivity index (χ3v) is 4.82. The highest BCUT2D eigenvalue weighted by molar-refractivity contribution is 5.67. The summed E-state index contributed by atoms with van der Waals surface area (Å²) in [4.78, 5) is 13.6. The normalized spacial score (nSPS) is 10.6. The molecule has 2 aromatic heterocycles. The minimum absolute atomic E-state index is 0.641. The fourth-order valence-corrected chi connectivity index (χ4v) is 3.04. The Hall–Kier alpha value is -3.73. The molecule has 0 amide bonds. The predicted octanol–water partition coefficient (Wildman–Crippen LogP) is 5.51. The van der Waals surface area contributed by atoms with Crippen LogP contribution in [0.1, 0.15) is 16.7 Å². The predicted molar refractivity (Wildman–Crippen MR) is 118 cm³/mol. The Morgan fingerprint density at radius 2 is 1.66 bits per heavy atom. The van der Waals surface area contributed by atoms with Crippen LogP contribution in [0.25, 0.3) is 11.4 Å². The molecule has 0 spiro atoms. The molecule has 29 heavy (non-hydrogen) atoms. The summed E-state index contributed by atoms with van der Waals surface area (Å²) >= 11 is 0. The van der Waals surface area contributed by atoms with Gasteiger partial charge in [0.05, 0.1) is 0 Å². The highest BCUT2D eigenvalue weighted by Crippen LogP contribution is 2.25. The first-order valence-corrected chi connectivity index (χ1v) is 9.59. The highest BCUT2D eigenvalue weighted by atomic mass is 15.1. The van der Waals surface area contributed by atoms with Crippen molar-refractivity contribution in [3.05, 3.63) is 95.8 Å². The molecular weight excluding hydrogens is 358 g/mol. The highest BCUT2D eigenvalue weighted by Gasteiger charge is 2.09. The topological polar surface area (TPSA) is 62.7 Å². The van der Waals surface area contributed by atoms with E-state index >= 15 is 0 Å². The van der Waals surface area contributed by atoms with Gasteiger partial charge in [-0.1, -0.05) is 48.5 Å². The monoisotopic (exact) mass is 381 g/mol. The Morgan fingerprint density at radius 3 is 2.45 bits per heavy atom. The molecule has 0 radical (unpaired) electrons. The number of aromatic nitrogens is 3. The minimum atomic E-state index is 0.641. The molecule has 4 aromatic rings. The van der Waals surface area contributed by atoms with Crippen LogP contribution in [0.4, 0.5) is 17.3 Å². The van der Waals surface area contributed by atoms with Gasteiger partial charge in [0, 0.05) is 36.3 Å². The number of nitrogens with zero attached hydrogens (tertiary/aromatic N) is 3. The number of aryl methyl sites for hydroxylation is 1. The smallest absolute Gasteiger partial charge is 0.163 e. The maximum absolute atomic E-state index is 4.75. The van der Waals surface area contributed by atoms with E-state index < -0.39 is 0 Å². The summed E-state index contributed by atoms with van der Waals surface area (Å²) in [6.45, 7) is 4.86. The van der Waals surface area contributed by atoms with E-state index in [0.29, 0.717) is 12.4 Å². The molecule has 0 aliphatic rings. The fourth-order valence-electron chi connectivity index (χ4n) is 3.04. The standard InChI is InChI=1S/C24H23N5/c1-17-8-6-12-21(18(17)2)27-23-14-22(26-16-19-9-7-13-25-15-19)28-24(29-23)20-10-4-3-5-11-20/h3-15H,16H2,1-2H3,(H2,26,27,28,29). The van der Waals surface area contributed by atoms with Gasteiger partial charge in [0.2, 0.25) is 0 Å². The molecule has 2 N–H and O–H groups in total. The quantitative estimate of drug-likeness (QED) is 0.461. The van der Waals surface area contributed by atoms with Gasteiger partial charge >= 0.3 is 0 Å². The molecular formula is C24H23N5. The first-order chi connectivity index (χ1) is 14.2. The summed E-state index contributed by atoms with van der Waals surface area (Å²) in [6, 6.07) is 22.1. The molecule has 2 aromatic carbocycles. The van der Waals surface area contributed by atoms with Gasteiger partial charge in [-0.25, -0.2) is 9.97 Å². The summed E-state index contributed by atoms with van der Waals surface area (Å²) in [5, 5.41) is 6.85. The molecule has 0 unspecified atom stereocenters. The van der Waals surface area contributed by atoms with Crippen LogP contribution in [0.2, 0.25) is 0 Å². The van der Waals surface area contributed by atoms with Crippen molar-refractivity contribution in [2.24, 2.45) is 0 Å². The van der Waals surface area contributed by atoms with Gasteiger partial charge in [-0.05, 0) is 42.7 Å². The summed E-state index contributed by atoms with van der Waals surface area (Å²) in [5.74, 6) is 2.19. The third-order valence-electron chi connectivity index (χ3n) is 4.82. The van der Waals surface area contributed by atoms with Crippen LogP contribution in [-0.2, 0) is 6.54 Å². The molecule has 5 nitrogen and oxygen atoms in total. The van der Waals surface area contributed by atoms with Gasteiger partial charge in [-0.15, -0.1) is 0 Å². The SMILES string of the molecule is Cc1cccc(Nc2cc(NCc3cccnc3)nc(-c3ccccc3)n2)c1C. The zero-order valence-corrected chi connectivity index (χ0v) is 16.6. The molecule has 4 rings (SSSR count). The average molecular weight is 381 g/mol. The average Bonchev–Trinajstić information content (AvgIpc) is 2.77. The van der Waals surface area contributed by atoms with Gasteiger partial charge in [0.1, 0.15) is 11.6 Å². The van der Waals surface area contributed by atoms with Crippen molar-refractivity contribution in [2.75, 3.05) is 10.6 Å². The number of benzene rings is 2.